The molecule has 0 aromatic rings. The van der Waals surface area contributed by atoms with Crippen molar-refractivity contribution in [3.05, 3.63) is 24.9 Å². The van der Waals surface area contributed by atoms with Crippen LogP contribution in [0, 0.1) is 20.0 Å². The van der Waals surface area contributed by atoms with E-state index in [4.69, 9.17) is 6.57 Å². The van der Waals surface area contributed by atoms with Crippen molar-refractivity contribution >= 4 is 0 Å². The van der Waals surface area contributed by atoms with E-state index in [1.807, 2.05) is 0 Å². The van der Waals surface area contributed by atoms with Crippen LogP contribution in [0.15, 0.2) is 0 Å². The number of rotatable bonds is 0. The van der Waals surface area contributed by atoms with Gasteiger partial charge in [-0.3, -0.25) is 6.57 Å². The van der Waals surface area contributed by atoms with Gasteiger partial charge in [-0.25, -0.2) is 0 Å². The second kappa shape index (κ2) is 7.21. The van der Waals surface area contributed by atoms with Crippen molar-refractivity contribution in [2.24, 2.45) is 0 Å². The largest absolute Gasteiger partial charge is 3.00 e. The molecule has 1 rings (SSSR count). The fourth-order valence-corrected chi connectivity index (χ4v) is 1.07. The van der Waals surface area contributed by atoms with Crippen LogP contribution in [0.4, 0.5) is 0 Å². The fourth-order valence-electron chi connectivity index (χ4n) is 1.07. The van der Waals surface area contributed by atoms with E-state index < -0.39 is 0 Å². The molecule has 1 aliphatic rings. The van der Waals surface area contributed by atoms with Crippen LogP contribution in [-0.2, 0) is 22.4 Å². The molecule has 0 aromatic carbocycles. The van der Waals surface area contributed by atoms with E-state index in [0.717, 1.165) is 18.9 Å². The molecular formula is C8H13AuN+. The number of hydrogen-bond acceptors (Lipinski definition) is 0. The number of hydrogen-bond donors (Lipinski definition) is 0. The predicted octanol–water partition coefficient (Wildman–Crippen LogP) is 2.85. The van der Waals surface area contributed by atoms with Crippen LogP contribution in [0.25, 0.3) is 4.85 Å². The summed E-state index contributed by atoms with van der Waals surface area (Å²) in [5.41, 5.74) is 0. The summed E-state index contributed by atoms with van der Waals surface area (Å²) in [6, 6.07) is 1.09. The first kappa shape index (κ1) is 12.7. The SMILES string of the molecule is [Au+3].[C-]#[N+][C-]1CCCCC1.[CH3-]. The molecule has 2 heteroatoms. The van der Waals surface area contributed by atoms with Gasteiger partial charge >= 0.3 is 22.4 Å². The van der Waals surface area contributed by atoms with E-state index in [1.165, 1.54) is 19.3 Å². The van der Waals surface area contributed by atoms with Crippen molar-refractivity contribution in [2.75, 3.05) is 0 Å². The van der Waals surface area contributed by atoms with Gasteiger partial charge in [-0.2, -0.15) is 0 Å². The third-order valence-corrected chi connectivity index (χ3v) is 1.59. The van der Waals surface area contributed by atoms with Gasteiger partial charge in [0.05, 0.1) is 0 Å². The van der Waals surface area contributed by atoms with Gasteiger partial charge in [-0.05, 0) is 6.04 Å². The van der Waals surface area contributed by atoms with Gasteiger partial charge in [0.2, 0.25) is 0 Å². The van der Waals surface area contributed by atoms with Crippen LogP contribution < -0.4 is 0 Å². The first-order valence-electron chi connectivity index (χ1n) is 3.15. The Morgan fingerprint density at radius 2 is 1.60 bits per heavy atom. The van der Waals surface area contributed by atoms with Crippen LogP contribution in [0.3, 0.4) is 0 Å². The monoisotopic (exact) mass is 320 g/mol. The van der Waals surface area contributed by atoms with Gasteiger partial charge < -0.3 is 12.3 Å². The molecule has 1 aliphatic carbocycles. The van der Waals surface area contributed by atoms with Crippen LogP contribution >= 0.6 is 0 Å². The fraction of sp³-hybridized carbons (Fsp3) is 0.625. The van der Waals surface area contributed by atoms with Crippen LogP contribution in [0.2, 0.25) is 0 Å². The van der Waals surface area contributed by atoms with E-state index in [0.29, 0.717) is 0 Å². The zero-order valence-electron chi connectivity index (χ0n) is 6.28. The summed E-state index contributed by atoms with van der Waals surface area (Å²) in [4.78, 5) is 3.41. The van der Waals surface area contributed by atoms with Gasteiger partial charge in [0.15, 0.2) is 0 Å². The summed E-state index contributed by atoms with van der Waals surface area (Å²) in [6.45, 7) is 6.69. The first-order valence-corrected chi connectivity index (χ1v) is 3.15. The Labute approximate surface area is 79.5 Å². The molecule has 0 N–H and O–H groups in total. The molecule has 0 aromatic heterocycles. The smallest absolute Gasteiger partial charge is 0.458 e. The summed E-state index contributed by atoms with van der Waals surface area (Å²) >= 11 is 0. The molecule has 1 saturated carbocycles. The summed E-state index contributed by atoms with van der Waals surface area (Å²) in [6.07, 6.45) is 5.97. The summed E-state index contributed by atoms with van der Waals surface area (Å²) in [5, 5.41) is 0. The van der Waals surface area contributed by atoms with Gasteiger partial charge in [0.25, 0.3) is 0 Å². The molecule has 0 amide bonds. The maximum atomic E-state index is 6.69. The minimum absolute atomic E-state index is 0. The molecule has 10 heavy (non-hydrogen) atoms. The van der Waals surface area contributed by atoms with E-state index in [-0.39, 0.29) is 29.8 Å². The molecule has 0 bridgehead atoms. The zero-order chi connectivity index (χ0) is 5.82. The second-order valence-corrected chi connectivity index (χ2v) is 2.24. The minimum Gasteiger partial charge on any atom is -0.458 e. The van der Waals surface area contributed by atoms with Gasteiger partial charge in [0.1, 0.15) is 0 Å². The molecule has 1 nitrogen and oxygen atoms in total. The minimum atomic E-state index is 0. The van der Waals surface area contributed by atoms with Crippen LogP contribution in [0.5, 0.6) is 0 Å². The summed E-state index contributed by atoms with van der Waals surface area (Å²) < 4.78 is 0. The van der Waals surface area contributed by atoms with Crippen molar-refractivity contribution < 1.29 is 22.4 Å². The Hall–Kier alpha value is 0.100. The summed E-state index contributed by atoms with van der Waals surface area (Å²) in [5.74, 6) is 0. The Morgan fingerprint density at radius 3 is 1.90 bits per heavy atom. The third kappa shape index (κ3) is 4.00. The molecular weight excluding hydrogens is 307 g/mol. The Bertz CT molecular complexity index is 100. The van der Waals surface area contributed by atoms with Gasteiger partial charge in [-0.15, -0.1) is 0 Å². The quantitative estimate of drug-likeness (QED) is 0.478. The van der Waals surface area contributed by atoms with Crippen molar-refractivity contribution in [3.8, 4) is 0 Å². The molecule has 0 atom stereocenters. The van der Waals surface area contributed by atoms with Gasteiger partial charge in [-0.1, -0.05) is 32.1 Å². The van der Waals surface area contributed by atoms with Gasteiger partial charge in [0, 0.05) is 0 Å². The average Bonchev–Trinajstić information content (AvgIpc) is 1.90. The molecule has 0 unspecified atom stereocenters. The van der Waals surface area contributed by atoms with Crippen LogP contribution in [-0.4, -0.2) is 0 Å². The number of nitrogens with zero attached hydrogens (tertiary/aromatic N) is 1. The third-order valence-electron chi connectivity index (χ3n) is 1.59. The van der Waals surface area contributed by atoms with E-state index >= 15 is 0 Å². The zero-order valence-corrected chi connectivity index (χ0v) is 8.45. The van der Waals surface area contributed by atoms with E-state index in [1.54, 1.807) is 0 Å². The van der Waals surface area contributed by atoms with Crippen LogP contribution in [0.1, 0.15) is 32.1 Å². The topological polar surface area (TPSA) is 4.36 Å². The molecule has 0 heterocycles. The standard InChI is InChI=1S/C7H10N.CH3.Au/c1-8-7-5-3-2-4-6-7;;/h2-6H2;1H3;/q2*-1;+3. The molecule has 0 radical (unpaired) electrons. The molecule has 1 fully saturated rings. The Kier molecular flexibility index (Phi) is 9.19. The maximum absolute atomic E-state index is 6.69. The normalized spacial score (nSPS) is 16.1. The van der Waals surface area contributed by atoms with Crippen molar-refractivity contribution in [2.45, 2.75) is 32.1 Å². The maximum Gasteiger partial charge on any atom is 3.00 e. The predicted molar refractivity (Wildman–Crippen MR) is 39.3 cm³/mol. The van der Waals surface area contributed by atoms with Crippen molar-refractivity contribution in [3.63, 3.8) is 0 Å². The average molecular weight is 320 g/mol. The molecule has 0 saturated heterocycles. The van der Waals surface area contributed by atoms with Crippen molar-refractivity contribution in [1.29, 1.82) is 0 Å². The first-order chi connectivity index (χ1) is 3.93. The summed E-state index contributed by atoms with van der Waals surface area (Å²) in [7, 11) is 0. The second-order valence-electron chi connectivity index (χ2n) is 2.24. The Morgan fingerprint density at radius 1 is 1.10 bits per heavy atom. The van der Waals surface area contributed by atoms with E-state index in [2.05, 4.69) is 4.85 Å². The Balaban J connectivity index is 0. The van der Waals surface area contributed by atoms with Crippen molar-refractivity contribution in [1.82, 2.24) is 0 Å². The molecule has 0 spiro atoms. The van der Waals surface area contributed by atoms with E-state index in [9.17, 15) is 0 Å². The molecule has 0 aliphatic heterocycles. The molecule has 60 valence electrons.